The lowest BCUT2D eigenvalue weighted by molar-refractivity contribution is 0.0911. The molecule has 20 heavy (non-hydrogen) atoms. The van der Waals surface area contributed by atoms with Crippen molar-refractivity contribution in [1.29, 1.82) is 0 Å². The molecule has 0 saturated heterocycles. The lowest BCUT2D eigenvalue weighted by Gasteiger charge is -2.16. The van der Waals surface area contributed by atoms with Gasteiger partial charge < -0.3 is 10.4 Å². The second-order valence-electron chi connectivity index (χ2n) is 4.38. The first-order valence-electron chi connectivity index (χ1n) is 6.27. The Morgan fingerprint density at radius 1 is 1.25 bits per heavy atom. The largest absolute Gasteiger partial charge is 0.394 e. The molecule has 2 aromatic rings. The number of halogens is 1. The number of rotatable bonds is 5. The summed E-state index contributed by atoms with van der Waals surface area (Å²) in [6.07, 6.45) is 1.75. The van der Waals surface area contributed by atoms with Gasteiger partial charge in [-0.15, -0.1) is 0 Å². The first-order valence-corrected chi connectivity index (χ1v) is 6.27. The minimum atomic E-state index is -0.818. The van der Waals surface area contributed by atoms with Crippen molar-refractivity contribution in [1.82, 2.24) is 10.3 Å². The molecular formula is C15H15FN2O2. The molecule has 0 radical (unpaired) electrons. The smallest absolute Gasteiger partial charge is 0.256 e. The van der Waals surface area contributed by atoms with Gasteiger partial charge in [-0.25, -0.2) is 4.98 Å². The van der Waals surface area contributed by atoms with Crippen molar-refractivity contribution in [2.75, 3.05) is 6.61 Å². The highest BCUT2D eigenvalue weighted by molar-refractivity contribution is 5.94. The van der Waals surface area contributed by atoms with Crippen molar-refractivity contribution < 1.29 is 14.3 Å². The molecule has 0 fully saturated rings. The summed E-state index contributed by atoms with van der Waals surface area (Å²) in [5, 5.41) is 11.9. The van der Waals surface area contributed by atoms with Gasteiger partial charge in [0, 0.05) is 6.20 Å². The van der Waals surface area contributed by atoms with Crippen LogP contribution in [-0.2, 0) is 6.42 Å². The van der Waals surface area contributed by atoms with E-state index in [1.54, 1.807) is 0 Å². The highest BCUT2D eigenvalue weighted by Gasteiger charge is 2.16. The Bertz CT molecular complexity index is 575. The van der Waals surface area contributed by atoms with E-state index in [9.17, 15) is 14.3 Å². The summed E-state index contributed by atoms with van der Waals surface area (Å²) in [7, 11) is 0. The average Bonchev–Trinajstić information content (AvgIpc) is 2.48. The van der Waals surface area contributed by atoms with Crippen LogP contribution in [0, 0.1) is 5.95 Å². The summed E-state index contributed by atoms with van der Waals surface area (Å²) in [4.78, 5) is 15.4. The topological polar surface area (TPSA) is 62.2 Å². The molecule has 0 spiro atoms. The van der Waals surface area contributed by atoms with Crippen LogP contribution >= 0.6 is 0 Å². The number of aliphatic hydroxyl groups is 1. The Morgan fingerprint density at radius 2 is 2.00 bits per heavy atom. The van der Waals surface area contributed by atoms with Gasteiger partial charge in [-0.2, -0.15) is 4.39 Å². The van der Waals surface area contributed by atoms with Crippen LogP contribution in [0.25, 0.3) is 0 Å². The van der Waals surface area contributed by atoms with Crippen LogP contribution in [0.4, 0.5) is 4.39 Å². The zero-order valence-electron chi connectivity index (χ0n) is 10.8. The van der Waals surface area contributed by atoms with E-state index < -0.39 is 17.9 Å². The first kappa shape index (κ1) is 14.1. The minimum absolute atomic E-state index is 0.126. The monoisotopic (exact) mass is 274 g/mol. The van der Waals surface area contributed by atoms with Crippen LogP contribution in [0.15, 0.2) is 48.7 Å². The summed E-state index contributed by atoms with van der Waals surface area (Å²) < 4.78 is 13.4. The Morgan fingerprint density at radius 3 is 2.65 bits per heavy atom. The molecule has 0 unspecified atom stereocenters. The fraction of sp³-hybridized carbons (Fsp3) is 0.200. The third kappa shape index (κ3) is 3.61. The molecule has 0 aliphatic heterocycles. The van der Waals surface area contributed by atoms with Crippen LogP contribution in [-0.4, -0.2) is 28.6 Å². The van der Waals surface area contributed by atoms with E-state index in [4.69, 9.17) is 0 Å². The predicted molar refractivity (Wildman–Crippen MR) is 72.7 cm³/mol. The van der Waals surface area contributed by atoms with Crippen LogP contribution in [0.3, 0.4) is 0 Å². The van der Waals surface area contributed by atoms with E-state index in [0.29, 0.717) is 6.42 Å². The lowest BCUT2D eigenvalue weighted by Crippen LogP contribution is -2.39. The predicted octanol–water partition coefficient (Wildman–Crippen LogP) is 1.55. The number of pyridine rings is 1. The summed E-state index contributed by atoms with van der Waals surface area (Å²) in [5.41, 5.74) is 0.859. The van der Waals surface area contributed by atoms with Crippen LogP contribution in [0.1, 0.15) is 15.9 Å². The van der Waals surface area contributed by atoms with Gasteiger partial charge in [0.15, 0.2) is 0 Å². The van der Waals surface area contributed by atoms with E-state index in [1.165, 1.54) is 18.3 Å². The Kier molecular flexibility index (Phi) is 4.79. The molecule has 5 heteroatoms. The molecule has 0 bridgehead atoms. The molecule has 0 aliphatic rings. The molecule has 0 saturated carbocycles. The summed E-state index contributed by atoms with van der Waals surface area (Å²) in [6, 6.07) is 11.8. The average molecular weight is 274 g/mol. The SMILES string of the molecule is O=C(N[C@@H](CO)Cc1ccccc1)c1cccnc1F. The maximum atomic E-state index is 13.4. The molecule has 1 heterocycles. The summed E-state index contributed by atoms with van der Waals surface area (Å²) >= 11 is 0. The first-order chi connectivity index (χ1) is 9.70. The molecule has 0 aliphatic carbocycles. The zero-order chi connectivity index (χ0) is 14.4. The summed E-state index contributed by atoms with van der Waals surface area (Å²) in [6.45, 7) is -0.220. The van der Waals surface area contributed by atoms with Gasteiger partial charge in [0.05, 0.1) is 18.2 Å². The summed E-state index contributed by atoms with van der Waals surface area (Å²) in [5.74, 6) is -1.40. The van der Waals surface area contributed by atoms with Gasteiger partial charge in [0.1, 0.15) is 0 Å². The fourth-order valence-corrected chi connectivity index (χ4v) is 1.88. The van der Waals surface area contributed by atoms with Gasteiger partial charge in [-0.05, 0) is 24.1 Å². The molecule has 2 N–H and O–H groups in total. The second-order valence-corrected chi connectivity index (χ2v) is 4.38. The Labute approximate surface area is 116 Å². The quantitative estimate of drug-likeness (QED) is 0.813. The number of nitrogens with zero attached hydrogens (tertiary/aromatic N) is 1. The van der Waals surface area contributed by atoms with Gasteiger partial charge in [-0.3, -0.25) is 4.79 Å². The standard InChI is InChI=1S/C15H15FN2O2/c16-14-13(7-4-8-17-14)15(20)18-12(10-19)9-11-5-2-1-3-6-11/h1-8,12,19H,9-10H2,(H,18,20)/t12-/m1/s1. The van der Waals surface area contributed by atoms with E-state index >= 15 is 0 Å². The molecule has 2 rings (SSSR count). The van der Waals surface area contributed by atoms with Gasteiger partial charge in [0.2, 0.25) is 5.95 Å². The zero-order valence-corrected chi connectivity index (χ0v) is 10.8. The number of carbonyl (C=O) groups is 1. The maximum absolute atomic E-state index is 13.4. The third-order valence-electron chi connectivity index (χ3n) is 2.88. The van der Waals surface area contributed by atoms with Crippen molar-refractivity contribution in [3.63, 3.8) is 0 Å². The maximum Gasteiger partial charge on any atom is 0.256 e. The van der Waals surface area contributed by atoms with Gasteiger partial charge in [-0.1, -0.05) is 30.3 Å². The Balaban J connectivity index is 2.03. The van der Waals surface area contributed by atoms with E-state index in [0.717, 1.165) is 5.56 Å². The van der Waals surface area contributed by atoms with Gasteiger partial charge >= 0.3 is 0 Å². The highest BCUT2D eigenvalue weighted by Crippen LogP contribution is 2.06. The highest BCUT2D eigenvalue weighted by atomic mass is 19.1. The number of benzene rings is 1. The van der Waals surface area contributed by atoms with E-state index in [2.05, 4.69) is 10.3 Å². The lowest BCUT2D eigenvalue weighted by atomic mass is 10.1. The molecule has 1 aromatic carbocycles. The molecule has 1 amide bonds. The second kappa shape index (κ2) is 6.77. The molecular weight excluding hydrogens is 259 g/mol. The van der Waals surface area contributed by atoms with Crippen LogP contribution in [0.2, 0.25) is 0 Å². The minimum Gasteiger partial charge on any atom is -0.394 e. The number of carbonyl (C=O) groups excluding carboxylic acids is 1. The third-order valence-corrected chi connectivity index (χ3v) is 2.88. The van der Waals surface area contributed by atoms with Crippen LogP contribution < -0.4 is 5.32 Å². The molecule has 1 atom stereocenters. The van der Waals surface area contributed by atoms with E-state index in [1.807, 2.05) is 30.3 Å². The molecule has 1 aromatic heterocycles. The van der Waals surface area contributed by atoms with Crippen molar-refractivity contribution in [2.24, 2.45) is 0 Å². The van der Waals surface area contributed by atoms with Gasteiger partial charge in [0.25, 0.3) is 5.91 Å². The van der Waals surface area contributed by atoms with Crippen molar-refractivity contribution in [3.05, 3.63) is 65.7 Å². The number of nitrogens with one attached hydrogen (secondary N) is 1. The van der Waals surface area contributed by atoms with Crippen molar-refractivity contribution in [3.8, 4) is 0 Å². The number of aromatic nitrogens is 1. The normalized spacial score (nSPS) is 11.9. The van der Waals surface area contributed by atoms with Crippen LogP contribution in [0.5, 0.6) is 0 Å². The number of hydrogen-bond acceptors (Lipinski definition) is 3. The Hall–Kier alpha value is -2.27. The number of hydrogen-bond donors (Lipinski definition) is 2. The molecule has 4 nitrogen and oxygen atoms in total. The van der Waals surface area contributed by atoms with Crippen molar-refractivity contribution >= 4 is 5.91 Å². The fourth-order valence-electron chi connectivity index (χ4n) is 1.88. The number of aliphatic hydroxyl groups excluding tert-OH is 1. The molecule has 104 valence electrons. The number of amides is 1. The van der Waals surface area contributed by atoms with E-state index in [-0.39, 0.29) is 12.2 Å². The van der Waals surface area contributed by atoms with Crippen molar-refractivity contribution in [2.45, 2.75) is 12.5 Å².